The topological polar surface area (TPSA) is 59.6 Å². The number of methoxy groups -OCH3 is 1. The Kier molecular flexibility index (Phi) is 4.27. The molecule has 1 fully saturated rings. The van der Waals surface area contributed by atoms with Gasteiger partial charge in [0.25, 0.3) is 0 Å². The van der Waals surface area contributed by atoms with Gasteiger partial charge in [0.2, 0.25) is 0 Å². The number of carbonyl (C=O) groups excluding carboxylic acids is 1. The molecule has 104 valence electrons. The van der Waals surface area contributed by atoms with Crippen LogP contribution in [0.25, 0.3) is 0 Å². The molecule has 3 unspecified atom stereocenters. The lowest BCUT2D eigenvalue weighted by molar-refractivity contribution is 0.0650. The Bertz CT molecular complexity index is 450. The quantitative estimate of drug-likeness (QED) is 0.881. The fourth-order valence-electron chi connectivity index (χ4n) is 2.31. The molecule has 1 saturated heterocycles. The summed E-state index contributed by atoms with van der Waals surface area (Å²) in [5.41, 5.74) is 1.67. The molecule has 2 N–H and O–H groups in total. The Morgan fingerprint density at radius 2 is 2.11 bits per heavy atom. The highest BCUT2D eigenvalue weighted by Crippen LogP contribution is 2.24. The fourth-order valence-corrected chi connectivity index (χ4v) is 2.31. The normalized spacial score (nSPS) is 25.9. The van der Waals surface area contributed by atoms with Crippen molar-refractivity contribution in [1.29, 1.82) is 0 Å². The van der Waals surface area contributed by atoms with Crippen molar-refractivity contribution in [1.82, 2.24) is 0 Å². The molecule has 0 aromatic heterocycles. The smallest absolute Gasteiger partial charge is 0.411 e. The van der Waals surface area contributed by atoms with E-state index in [4.69, 9.17) is 4.74 Å². The zero-order chi connectivity index (χ0) is 13.8. The second-order valence-electron chi connectivity index (χ2n) is 4.84. The molecule has 1 amide bonds. The van der Waals surface area contributed by atoms with E-state index in [1.807, 2.05) is 24.3 Å². The van der Waals surface area contributed by atoms with E-state index in [-0.39, 0.29) is 12.2 Å². The molecular weight excluding hydrogens is 244 g/mol. The van der Waals surface area contributed by atoms with Crippen LogP contribution in [-0.2, 0) is 9.47 Å². The van der Waals surface area contributed by atoms with Crippen LogP contribution in [-0.4, -0.2) is 31.5 Å². The minimum absolute atomic E-state index is 0.187. The van der Waals surface area contributed by atoms with Crippen molar-refractivity contribution in [3.8, 4) is 0 Å². The van der Waals surface area contributed by atoms with Crippen LogP contribution in [0.15, 0.2) is 24.3 Å². The number of benzene rings is 1. The number of nitrogens with one attached hydrogen (secondary N) is 2. The number of ether oxygens (including phenoxy) is 2. The summed E-state index contributed by atoms with van der Waals surface area (Å²) in [5, 5.41) is 6.08. The second kappa shape index (κ2) is 5.93. The first-order valence-corrected chi connectivity index (χ1v) is 6.45. The summed E-state index contributed by atoms with van der Waals surface area (Å²) < 4.78 is 10.3. The third kappa shape index (κ3) is 3.61. The van der Waals surface area contributed by atoms with E-state index in [1.54, 1.807) is 0 Å². The molecule has 1 aliphatic heterocycles. The molecule has 5 heteroatoms. The van der Waals surface area contributed by atoms with Gasteiger partial charge in [-0.3, -0.25) is 5.32 Å². The molecule has 19 heavy (non-hydrogen) atoms. The van der Waals surface area contributed by atoms with Gasteiger partial charge in [-0.2, -0.15) is 0 Å². The van der Waals surface area contributed by atoms with Crippen molar-refractivity contribution < 1.29 is 14.3 Å². The predicted molar refractivity (Wildman–Crippen MR) is 74.5 cm³/mol. The molecule has 0 aliphatic carbocycles. The Labute approximate surface area is 113 Å². The largest absolute Gasteiger partial charge is 0.453 e. The Morgan fingerprint density at radius 1 is 1.37 bits per heavy atom. The number of hydrogen-bond donors (Lipinski definition) is 2. The van der Waals surface area contributed by atoms with Gasteiger partial charge in [0.05, 0.1) is 25.4 Å². The average Bonchev–Trinajstić information content (AvgIpc) is 2.68. The fraction of sp³-hybridized carbons (Fsp3) is 0.500. The molecule has 1 heterocycles. The van der Waals surface area contributed by atoms with E-state index < -0.39 is 6.09 Å². The van der Waals surface area contributed by atoms with E-state index in [2.05, 4.69) is 29.2 Å². The van der Waals surface area contributed by atoms with Gasteiger partial charge >= 0.3 is 6.09 Å². The van der Waals surface area contributed by atoms with Gasteiger partial charge in [0, 0.05) is 11.4 Å². The summed E-state index contributed by atoms with van der Waals surface area (Å²) >= 11 is 0. The second-order valence-corrected chi connectivity index (χ2v) is 4.84. The van der Waals surface area contributed by atoms with Crippen LogP contribution in [0.1, 0.15) is 20.3 Å². The summed E-state index contributed by atoms with van der Waals surface area (Å²) in [5.74, 6) is 0. The Morgan fingerprint density at radius 3 is 2.74 bits per heavy atom. The first-order valence-electron chi connectivity index (χ1n) is 6.45. The highest BCUT2D eigenvalue weighted by atomic mass is 16.5. The lowest BCUT2D eigenvalue weighted by Crippen LogP contribution is -2.26. The zero-order valence-corrected chi connectivity index (χ0v) is 11.5. The molecule has 1 aromatic rings. The minimum atomic E-state index is -0.469. The van der Waals surface area contributed by atoms with Crippen molar-refractivity contribution in [2.45, 2.75) is 38.5 Å². The first kappa shape index (κ1) is 13.7. The molecule has 2 rings (SSSR count). The van der Waals surface area contributed by atoms with Gasteiger partial charge in [-0.05, 0) is 38.5 Å². The van der Waals surface area contributed by atoms with Crippen LogP contribution < -0.4 is 10.6 Å². The van der Waals surface area contributed by atoms with Crippen LogP contribution in [0.3, 0.4) is 0 Å². The number of hydrogen-bond acceptors (Lipinski definition) is 4. The number of anilines is 2. The molecule has 0 radical (unpaired) electrons. The van der Waals surface area contributed by atoms with E-state index >= 15 is 0 Å². The maximum absolute atomic E-state index is 11.2. The molecule has 3 atom stereocenters. The van der Waals surface area contributed by atoms with Crippen LogP contribution in [0.2, 0.25) is 0 Å². The Balaban J connectivity index is 2.01. The summed E-state index contributed by atoms with van der Waals surface area (Å²) in [6.45, 7) is 4.14. The Hall–Kier alpha value is -1.75. The third-order valence-corrected chi connectivity index (χ3v) is 3.25. The van der Waals surface area contributed by atoms with E-state index in [0.717, 1.165) is 12.1 Å². The summed E-state index contributed by atoms with van der Waals surface area (Å²) in [7, 11) is 1.34. The monoisotopic (exact) mass is 264 g/mol. The molecule has 0 bridgehead atoms. The van der Waals surface area contributed by atoms with Crippen LogP contribution in [0.5, 0.6) is 0 Å². The highest BCUT2D eigenvalue weighted by molar-refractivity contribution is 5.85. The van der Waals surface area contributed by atoms with Crippen LogP contribution in [0, 0.1) is 0 Å². The van der Waals surface area contributed by atoms with Gasteiger partial charge in [0.15, 0.2) is 0 Å². The number of rotatable bonds is 3. The lowest BCUT2D eigenvalue weighted by Gasteiger charge is -2.17. The maximum atomic E-state index is 11.2. The summed E-state index contributed by atoms with van der Waals surface area (Å²) in [6, 6.07) is 7.85. The SMILES string of the molecule is COC(=O)Nc1cccc(NC2CC(C)OC2C)c1. The van der Waals surface area contributed by atoms with E-state index in [1.165, 1.54) is 7.11 Å². The van der Waals surface area contributed by atoms with Gasteiger partial charge in [-0.15, -0.1) is 0 Å². The molecular formula is C14H20N2O3. The highest BCUT2D eigenvalue weighted by Gasteiger charge is 2.29. The summed E-state index contributed by atoms with van der Waals surface area (Å²) in [4.78, 5) is 11.2. The van der Waals surface area contributed by atoms with Gasteiger partial charge in [-0.25, -0.2) is 4.79 Å². The minimum Gasteiger partial charge on any atom is -0.453 e. The average molecular weight is 264 g/mol. The molecule has 0 spiro atoms. The standard InChI is InChI=1S/C14H20N2O3/c1-9-7-13(10(2)19-9)15-11-5-4-6-12(8-11)16-14(17)18-3/h4-6,8-10,13,15H,7H2,1-3H3,(H,16,17). The van der Waals surface area contributed by atoms with Crippen molar-refractivity contribution in [3.05, 3.63) is 24.3 Å². The van der Waals surface area contributed by atoms with E-state index in [0.29, 0.717) is 11.7 Å². The number of amides is 1. The van der Waals surface area contributed by atoms with Crippen molar-refractivity contribution in [3.63, 3.8) is 0 Å². The molecule has 1 aliphatic rings. The maximum Gasteiger partial charge on any atom is 0.411 e. The van der Waals surface area contributed by atoms with Crippen molar-refractivity contribution >= 4 is 17.5 Å². The molecule has 5 nitrogen and oxygen atoms in total. The summed E-state index contributed by atoms with van der Waals surface area (Å²) in [6.07, 6.45) is 0.981. The van der Waals surface area contributed by atoms with Crippen molar-refractivity contribution in [2.75, 3.05) is 17.7 Å². The van der Waals surface area contributed by atoms with Gasteiger partial charge < -0.3 is 14.8 Å². The van der Waals surface area contributed by atoms with E-state index in [9.17, 15) is 4.79 Å². The van der Waals surface area contributed by atoms with Crippen molar-refractivity contribution in [2.24, 2.45) is 0 Å². The third-order valence-electron chi connectivity index (χ3n) is 3.25. The lowest BCUT2D eigenvalue weighted by atomic mass is 10.1. The zero-order valence-electron chi connectivity index (χ0n) is 11.5. The predicted octanol–water partition coefficient (Wildman–Crippen LogP) is 2.84. The van der Waals surface area contributed by atoms with Crippen LogP contribution in [0.4, 0.5) is 16.2 Å². The number of carbonyl (C=O) groups is 1. The van der Waals surface area contributed by atoms with Gasteiger partial charge in [-0.1, -0.05) is 6.07 Å². The van der Waals surface area contributed by atoms with Crippen LogP contribution >= 0.6 is 0 Å². The first-order chi connectivity index (χ1) is 9.08. The van der Waals surface area contributed by atoms with Gasteiger partial charge in [0.1, 0.15) is 0 Å². The molecule has 0 saturated carbocycles. The molecule has 1 aromatic carbocycles.